The zero-order chi connectivity index (χ0) is 42.1. The Balaban J connectivity index is 0.00000135. The van der Waals surface area contributed by atoms with E-state index in [1.54, 1.807) is 39.0 Å². The molecule has 11 nitrogen and oxygen atoms in total. The minimum Gasteiger partial charge on any atom is -0.465 e. The Hall–Kier alpha value is -4.19. The number of hydrogen-bond acceptors (Lipinski definition) is 9. The van der Waals surface area contributed by atoms with Gasteiger partial charge in [0.1, 0.15) is 5.00 Å². The molecule has 0 saturated heterocycles. The second-order valence-electron chi connectivity index (χ2n) is 15.1. The number of nitrogens with one attached hydrogen (secondary N) is 3. The van der Waals surface area contributed by atoms with Crippen LogP contribution in [0.2, 0.25) is 0 Å². The van der Waals surface area contributed by atoms with Gasteiger partial charge in [-0.25, -0.2) is 4.79 Å². The topological polar surface area (TPSA) is 157 Å². The number of aliphatic hydroxyl groups is 2. The van der Waals surface area contributed by atoms with Gasteiger partial charge < -0.3 is 30.9 Å². The Morgan fingerprint density at radius 1 is 0.828 bits per heavy atom. The fraction of sp³-hybridized carbons (Fsp3) is 0.422. The first kappa shape index (κ1) is 50.0. The number of amides is 3. The van der Waals surface area contributed by atoms with Gasteiger partial charge in [-0.3, -0.25) is 19.3 Å². The molecule has 5 N–H and O–H groups in total. The van der Waals surface area contributed by atoms with Crippen LogP contribution in [0, 0.1) is 0 Å². The second kappa shape index (κ2) is 24.7. The number of esters is 1. The maximum absolute atomic E-state index is 13.8. The molecule has 13 heteroatoms. The van der Waals surface area contributed by atoms with E-state index in [2.05, 4.69) is 34.7 Å². The zero-order valence-electron chi connectivity index (χ0n) is 35.1. The molecule has 1 aromatic heterocycles. The number of nitrogens with zero attached hydrogens (tertiary/aromatic N) is 1. The summed E-state index contributed by atoms with van der Waals surface area (Å²) < 4.78 is 4.77. The first-order valence-electron chi connectivity index (χ1n) is 19.4. The monoisotopic (exact) mass is 984 g/mol. The summed E-state index contributed by atoms with van der Waals surface area (Å²) in [6.45, 7) is 12.9. The summed E-state index contributed by atoms with van der Waals surface area (Å²) in [6, 6.07) is 23.1. The van der Waals surface area contributed by atoms with Gasteiger partial charge in [0.05, 0.1) is 23.8 Å². The number of benzene rings is 3. The van der Waals surface area contributed by atoms with Gasteiger partial charge in [-0.15, -0.1) is 11.3 Å². The summed E-state index contributed by atoms with van der Waals surface area (Å²) in [5, 5.41) is 25.1. The average Bonchev–Trinajstić information content (AvgIpc) is 3.55. The average molecular weight is 985 g/mol. The van der Waals surface area contributed by atoms with Gasteiger partial charge in [0.15, 0.2) is 0 Å². The summed E-state index contributed by atoms with van der Waals surface area (Å²) in [5.41, 5.74) is 6.08. The van der Waals surface area contributed by atoms with E-state index in [4.69, 9.17) is 14.9 Å². The number of anilines is 2. The van der Waals surface area contributed by atoms with Crippen LogP contribution in [-0.4, -0.2) is 77.8 Å². The number of methoxy groups -OCH3 is 1. The van der Waals surface area contributed by atoms with Crippen molar-refractivity contribution < 1.29 is 55.2 Å². The van der Waals surface area contributed by atoms with Crippen molar-refractivity contribution >= 4 is 45.7 Å². The molecule has 0 atom stereocenters. The normalized spacial score (nSPS) is 11.8. The maximum atomic E-state index is 13.8. The molecule has 3 aromatic carbocycles. The van der Waals surface area contributed by atoms with E-state index in [9.17, 15) is 19.2 Å². The van der Waals surface area contributed by atoms with E-state index in [0.717, 1.165) is 72.8 Å². The Labute approximate surface area is 362 Å². The van der Waals surface area contributed by atoms with Crippen molar-refractivity contribution in [2.24, 2.45) is 0 Å². The molecule has 0 spiro atoms. The van der Waals surface area contributed by atoms with E-state index in [0.29, 0.717) is 47.0 Å². The first-order valence-corrected chi connectivity index (χ1v) is 20.2. The SMILES string of the molecule is CC(C)(C)O.CO.COC(=O)c1ccc(CCc2ccc(NC(=O)c3c(NC(=O)c4cccc(CN(CCNC(C)=O)C(C)C)c4)sc4c3CCCC4)cc2)cc1.[W]. The van der Waals surface area contributed by atoms with Crippen molar-refractivity contribution in [1.29, 1.82) is 0 Å². The number of hydrogen-bond donors (Lipinski definition) is 5. The van der Waals surface area contributed by atoms with Crippen molar-refractivity contribution in [3.05, 3.63) is 117 Å². The molecule has 0 unspecified atom stereocenters. The molecule has 4 aromatic rings. The van der Waals surface area contributed by atoms with Crippen LogP contribution in [0.3, 0.4) is 0 Å². The molecule has 1 aliphatic rings. The molecule has 3 amide bonds. The number of ether oxygens (including phenoxy) is 1. The molecule has 0 radical (unpaired) electrons. The van der Waals surface area contributed by atoms with Crippen LogP contribution in [0.4, 0.5) is 10.7 Å². The van der Waals surface area contributed by atoms with Gasteiger partial charge in [-0.05, 0) is 132 Å². The minimum atomic E-state index is -0.500. The van der Waals surface area contributed by atoms with Crippen molar-refractivity contribution in [3.63, 3.8) is 0 Å². The van der Waals surface area contributed by atoms with Crippen LogP contribution in [0.15, 0.2) is 72.8 Å². The predicted molar refractivity (Wildman–Crippen MR) is 229 cm³/mol. The first-order chi connectivity index (χ1) is 27.1. The summed E-state index contributed by atoms with van der Waals surface area (Å²) in [6.07, 6.45) is 5.41. The molecule has 314 valence electrons. The van der Waals surface area contributed by atoms with Crippen LogP contribution in [0.5, 0.6) is 0 Å². The van der Waals surface area contributed by atoms with Gasteiger partial charge in [-0.2, -0.15) is 0 Å². The minimum absolute atomic E-state index is 0. The fourth-order valence-electron chi connectivity index (χ4n) is 6.17. The number of fused-ring (bicyclic) bond motifs is 1. The molecule has 58 heavy (non-hydrogen) atoms. The van der Waals surface area contributed by atoms with Crippen LogP contribution in [0.25, 0.3) is 0 Å². The van der Waals surface area contributed by atoms with Gasteiger partial charge >= 0.3 is 5.97 Å². The molecular weight excluding hydrogens is 924 g/mol. The Morgan fingerprint density at radius 3 is 1.98 bits per heavy atom. The smallest absolute Gasteiger partial charge is 0.337 e. The largest absolute Gasteiger partial charge is 0.465 e. The Morgan fingerprint density at radius 2 is 1.41 bits per heavy atom. The quantitative estimate of drug-likeness (QED) is 0.0818. The van der Waals surface area contributed by atoms with E-state index in [1.165, 1.54) is 25.4 Å². The molecular formula is C45H60N4O7SW. The third-order valence-corrected chi connectivity index (χ3v) is 10.2. The maximum Gasteiger partial charge on any atom is 0.337 e. The molecule has 0 fully saturated rings. The van der Waals surface area contributed by atoms with Gasteiger partial charge in [0.25, 0.3) is 11.8 Å². The fourth-order valence-corrected chi connectivity index (χ4v) is 7.45. The van der Waals surface area contributed by atoms with Crippen molar-refractivity contribution in [2.45, 2.75) is 98.3 Å². The van der Waals surface area contributed by atoms with E-state index in [-0.39, 0.29) is 50.8 Å². The van der Waals surface area contributed by atoms with E-state index < -0.39 is 5.60 Å². The number of aryl methyl sites for hydroxylation is 3. The summed E-state index contributed by atoms with van der Waals surface area (Å²) in [7, 11) is 2.37. The second-order valence-corrected chi connectivity index (χ2v) is 16.2. The van der Waals surface area contributed by atoms with Crippen LogP contribution < -0.4 is 16.0 Å². The molecule has 1 aliphatic carbocycles. The van der Waals surface area contributed by atoms with E-state index >= 15 is 0 Å². The van der Waals surface area contributed by atoms with Crippen molar-refractivity contribution in [2.75, 3.05) is 37.9 Å². The number of carbonyl (C=O) groups is 4. The Bertz CT molecular complexity index is 1920. The van der Waals surface area contributed by atoms with Crippen LogP contribution in [0.1, 0.15) is 113 Å². The third kappa shape index (κ3) is 16.6. The number of aliphatic hydroxyl groups excluding tert-OH is 1. The van der Waals surface area contributed by atoms with Gasteiger partial charge in [0.2, 0.25) is 5.91 Å². The standard InChI is InChI=1S/C40H46N4O5S.C4H10O.CH4O.W/c1-26(2)44(23-22-41-27(3)45)25-30-8-7-9-32(24-30)37(46)43-39-36(34-10-5-6-11-35(34)50-39)38(47)42-33-20-16-29(17-21-33)13-12-28-14-18-31(19-15-28)40(48)49-4;1-4(2,3)5;1-2;/h7-9,14-21,24,26H,5-6,10-13,22-23,25H2,1-4H3,(H,41,45)(H,42,47)(H,43,46);5H,1-3H3;2H,1H3;. The van der Waals surface area contributed by atoms with Gasteiger partial charge in [0, 0.05) is 76.9 Å². The predicted octanol–water partition coefficient (Wildman–Crippen LogP) is 7.43. The molecule has 1 heterocycles. The molecule has 5 rings (SSSR count). The van der Waals surface area contributed by atoms with Crippen molar-refractivity contribution in [1.82, 2.24) is 10.2 Å². The molecule has 0 bridgehead atoms. The third-order valence-electron chi connectivity index (χ3n) is 8.99. The number of rotatable bonds is 14. The summed E-state index contributed by atoms with van der Waals surface area (Å²) in [4.78, 5) is 53.9. The molecule has 0 saturated carbocycles. The number of carbonyl (C=O) groups excluding carboxylic acids is 4. The van der Waals surface area contributed by atoms with E-state index in [1.807, 2.05) is 54.6 Å². The Kier molecular flexibility index (Phi) is 21.2. The van der Waals surface area contributed by atoms with Crippen LogP contribution in [-0.2, 0) is 62.8 Å². The van der Waals surface area contributed by atoms with Crippen LogP contribution >= 0.6 is 11.3 Å². The molecule has 0 aliphatic heterocycles. The summed E-state index contributed by atoms with van der Waals surface area (Å²) >= 11 is 1.50. The summed E-state index contributed by atoms with van der Waals surface area (Å²) in [5.74, 6) is -0.877. The number of thiophene rings is 1. The zero-order valence-corrected chi connectivity index (χ0v) is 38.8. The van der Waals surface area contributed by atoms with Gasteiger partial charge in [-0.1, -0.05) is 36.4 Å². The van der Waals surface area contributed by atoms with Crippen molar-refractivity contribution in [3.8, 4) is 0 Å².